The number of allylic oxidation sites excluding steroid dienone is 3. The van der Waals surface area contributed by atoms with Crippen molar-refractivity contribution in [3.05, 3.63) is 45.5 Å². The highest BCUT2D eigenvalue weighted by Gasteiger charge is 2.39. The molecule has 182 valence electrons. The molecule has 0 radical (unpaired) electrons. The van der Waals surface area contributed by atoms with Gasteiger partial charge in [0.25, 0.3) is 0 Å². The van der Waals surface area contributed by atoms with E-state index in [-0.39, 0.29) is 24.0 Å². The fourth-order valence-electron chi connectivity index (χ4n) is 4.14. The van der Waals surface area contributed by atoms with E-state index in [1.54, 1.807) is 25.2 Å². The molecule has 1 aliphatic rings. The maximum Gasteiger partial charge on any atom is 0.309 e. The van der Waals surface area contributed by atoms with Crippen LogP contribution in [0, 0.1) is 24.2 Å². The summed E-state index contributed by atoms with van der Waals surface area (Å²) in [5, 5.41) is 13.8. The first-order valence-electron chi connectivity index (χ1n) is 11.7. The lowest BCUT2D eigenvalue weighted by Gasteiger charge is -2.32. The highest BCUT2D eigenvalue weighted by atomic mass is 32.1. The fraction of sp³-hybridized carbons (Fsp3) is 0.593. The second-order valence-electron chi connectivity index (χ2n) is 10.00. The highest BCUT2D eigenvalue weighted by Crippen LogP contribution is 2.31. The molecule has 33 heavy (non-hydrogen) atoms. The molecule has 1 aliphatic heterocycles. The molecule has 5 nitrogen and oxygen atoms in total. The number of hydrogen-bond acceptors (Lipinski definition) is 6. The normalized spacial score (nSPS) is 30.9. The average Bonchev–Trinajstić information content (AvgIpc) is 3.13. The SMILES string of the molecule is C/C1=C/C[C@@H](/C(C)=C/c2csc(C)n2)OC(=O)C[C@H](O)C(C)(C)C(=O)[C@H](C)C[C@@H](C)/C=C/C1. The number of carbonyl (C=O) groups excluding carboxylic acids is 2. The van der Waals surface area contributed by atoms with Crippen molar-refractivity contribution in [1.29, 1.82) is 0 Å². The van der Waals surface area contributed by atoms with Gasteiger partial charge in [-0.1, -0.05) is 51.5 Å². The zero-order valence-corrected chi connectivity index (χ0v) is 21.9. The van der Waals surface area contributed by atoms with Gasteiger partial charge in [-0.25, -0.2) is 4.98 Å². The molecule has 2 rings (SSSR count). The number of aliphatic hydroxyl groups is 1. The third-order valence-electron chi connectivity index (χ3n) is 6.38. The minimum absolute atomic E-state index is 0.0299. The summed E-state index contributed by atoms with van der Waals surface area (Å²) in [7, 11) is 0. The van der Waals surface area contributed by atoms with Crippen LogP contribution >= 0.6 is 11.3 Å². The summed E-state index contributed by atoms with van der Waals surface area (Å²) in [6.07, 6.45) is 8.62. The van der Waals surface area contributed by atoms with Gasteiger partial charge in [-0.15, -0.1) is 11.3 Å². The maximum atomic E-state index is 13.1. The minimum Gasteiger partial charge on any atom is -0.457 e. The number of thiazole rings is 1. The fourth-order valence-corrected chi connectivity index (χ4v) is 4.71. The molecule has 1 aromatic heterocycles. The summed E-state index contributed by atoms with van der Waals surface area (Å²) < 4.78 is 5.82. The van der Waals surface area contributed by atoms with Crippen LogP contribution < -0.4 is 0 Å². The Morgan fingerprint density at radius 1 is 1.27 bits per heavy atom. The molecule has 0 saturated carbocycles. The predicted molar refractivity (Wildman–Crippen MR) is 135 cm³/mol. The molecule has 2 heterocycles. The van der Waals surface area contributed by atoms with Gasteiger partial charge >= 0.3 is 5.97 Å². The zero-order valence-electron chi connectivity index (χ0n) is 21.1. The number of aliphatic hydroxyl groups excluding tert-OH is 1. The Kier molecular flexibility index (Phi) is 9.80. The van der Waals surface area contributed by atoms with E-state index in [0.29, 0.717) is 12.8 Å². The molecule has 6 heteroatoms. The number of carbonyl (C=O) groups is 2. The van der Waals surface area contributed by atoms with Crippen LogP contribution in [0.5, 0.6) is 0 Å². The number of rotatable bonds is 2. The molecule has 4 atom stereocenters. The standard InChI is InChI=1S/C27H39NO4S/c1-17-9-8-10-18(2)13-20(4)26(31)27(6,7)24(29)15-25(30)32-23(12-11-17)19(3)14-22-16-33-21(5)28-22/h8,10-11,14,16,18,20,23-24,29H,9,12-13,15H2,1-7H3/b10-8+,17-11-,19-14+/t18-,20+,23-,24-/m0/s1. The number of aromatic nitrogens is 1. The summed E-state index contributed by atoms with van der Waals surface area (Å²) in [5.74, 6) is -0.496. The van der Waals surface area contributed by atoms with E-state index in [0.717, 1.165) is 22.7 Å². The Morgan fingerprint density at radius 3 is 2.61 bits per heavy atom. The Hall–Kier alpha value is -2.05. The molecular weight excluding hydrogens is 434 g/mol. The largest absolute Gasteiger partial charge is 0.457 e. The van der Waals surface area contributed by atoms with Gasteiger partial charge in [-0.05, 0) is 51.2 Å². The number of Topliss-reactive ketones (excluding diaryl/α,β-unsaturated/α-hetero) is 1. The van der Waals surface area contributed by atoms with Gasteiger partial charge in [0.15, 0.2) is 0 Å². The van der Waals surface area contributed by atoms with Crippen molar-refractivity contribution in [2.24, 2.45) is 17.3 Å². The van der Waals surface area contributed by atoms with Crippen molar-refractivity contribution in [1.82, 2.24) is 4.98 Å². The van der Waals surface area contributed by atoms with E-state index in [9.17, 15) is 14.7 Å². The van der Waals surface area contributed by atoms with E-state index in [4.69, 9.17) is 4.74 Å². The van der Waals surface area contributed by atoms with Crippen LogP contribution in [0.15, 0.2) is 34.8 Å². The number of cyclic esters (lactones) is 1. The first-order valence-corrected chi connectivity index (χ1v) is 12.6. The van der Waals surface area contributed by atoms with Gasteiger partial charge in [-0.2, -0.15) is 0 Å². The summed E-state index contributed by atoms with van der Waals surface area (Å²) in [6, 6.07) is 0. The van der Waals surface area contributed by atoms with Gasteiger partial charge in [0.1, 0.15) is 11.9 Å². The van der Waals surface area contributed by atoms with Crippen LogP contribution in [0.25, 0.3) is 6.08 Å². The van der Waals surface area contributed by atoms with Crippen molar-refractivity contribution in [2.45, 2.75) is 86.4 Å². The average molecular weight is 474 g/mol. The third-order valence-corrected chi connectivity index (χ3v) is 7.17. The molecule has 0 bridgehead atoms. The second kappa shape index (κ2) is 11.9. The summed E-state index contributed by atoms with van der Waals surface area (Å²) in [6.45, 7) is 13.4. The Morgan fingerprint density at radius 2 is 1.97 bits per heavy atom. The Labute approximate surface area is 202 Å². The van der Waals surface area contributed by atoms with Crippen LogP contribution in [0.1, 0.15) is 77.9 Å². The van der Waals surface area contributed by atoms with Crippen LogP contribution in [0.4, 0.5) is 0 Å². The maximum absolute atomic E-state index is 13.1. The van der Waals surface area contributed by atoms with E-state index < -0.39 is 23.6 Å². The third kappa shape index (κ3) is 8.04. The lowest BCUT2D eigenvalue weighted by atomic mass is 9.74. The molecule has 0 amide bonds. The van der Waals surface area contributed by atoms with Gasteiger partial charge in [0.2, 0.25) is 0 Å². The molecule has 0 unspecified atom stereocenters. The lowest BCUT2D eigenvalue weighted by molar-refractivity contribution is -0.153. The number of ether oxygens (including phenoxy) is 1. The molecule has 1 N–H and O–H groups in total. The number of aryl methyl sites for hydroxylation is 1. The van der Waals surface area contributed by atoms with E-state index in [1.807, 2.05) is 32.2 Å². The van der Waals surface area contributed by atoms with E-state index >= 15 is 0 Å². The highest BCUT2D eigenvalue weighted by molar-refractivity contribution is 7.09. The monoisotopic (exact) mass is 473 g/mol. The molecule has 0 aromatic carbocycles. The molecule has 0 aliphatic carbocycles. The quantitative estimate of drug-likeness (QED) is 0.417. The topological polar surface area (TPSA) is 76.5 Å². The van der Waals surface area contributed by atoms with Gasteiger partial charge < -0.3 is 9.84 Å². The lowest BCUT2D eigenvalue weighted by Crippen LogP contribution is -2.42. The van der Waals surface area contributed by atoms with Crippen LogP contribution in [0.2, 0.25) is 0 Å². The first kappa shape index (κ1) is 27.2. The van der Waals surface area contributed by atoms with Crippen molar-refractivity contribution >= 4 is 29.2 Å². The van der Waals surface area contributed by atoms with Gasteiger partial charge in [0, 0.05) is 17.7 Å². The molecule has 0 spiro atoms. The molecule has 0 fully saturated rings. The van der Waals surface area contributed by atoms with Crippen molar-refractivity contribution in [2.75, 3.05) is 0 Å². The van der Waals surface area contributed by atoms with Crippen LogP contribution in [0.3, 0.4) is 0 Å². The van der Waals surface area contributed by atoms with Crippen molar-refractivity contribution in [3.8, 4) is 0 Å². The van der Waals surface area contributed by atoms with Crippen LogP contribution in [-0.4, -0.2) is 34.1 Å². The summed E-state index contributed by atoms with van der Waals surface area (Å²) in [4.78, 5) is 30.4. The molecule has 0 saturated heterocycles. The smallest absolute Gasteiger partial charge is 0.309 e. The molecular formula is C27H39NO4S. The van der Waals surface area contributed by atoms with Crippen molar-refractivity contribution < 1.29 is 19.4 Å². The minimum atomic E-state index is -1.11. The van der Waals surface area contributed by atoms with E-state index in [1.165, 1.54) is 5.57 Å². The number of ketones is 1. The van der Waals surface area contributed by atoms with E-state index in [2.05, 4.69) is 37.1 Å². The van der Waals surface area contributed by atoms with Gasteiger partial charge in [0.05, 0.1) is 28.6 Å². The number of hydrogen-bond donors (Lipinski definition) is 1. The first-order chi connectivity index (χ1) is 15.4. The summed E-state index contributed by atoms with van der Waals surface area (Å²) >= 11 is 1.57. The number of nitrogens with zero attached hydrogens (tertiary/aromatic N) is 1. The Bertz CT molecular complexity index is 924. The van der Waals surface area contributed by atoms with Crippen molar-refractivity contribution in [3.63, 3.8) is 0 Å². The van der Waals surface area contributed by atoms with Gasteiger partial charge in [-0.3, -0.25) is 9.59 Å². The Balaban J connectivity index is 2.33. The predicted octanol–water partition coefficient (Wildman–Crippen LogP) is 6.07. The zero-order chi connectivity index (χ0) is 24.8. The molecule has 1 aromatic rings. The van der Waals surface area contributed by atoms with Crippen LogP contribution in [-0.2, 0) is 14.3 Å². The number of esters is 1. The summed E-state index contributed by atoms with van der Waals surface area (Å²) in [5.41, 5.74) is 1.89. The second-order valence-corrected chi connectivity index (χ2v) is 11.1.